The van der Waals surface area contributed by atoms with Crippen molar-refractivity contribution >= 4 is 67.1 Å². The van der Waals surface area contributed by atoms with Crippen LogP contribution in [0.25, 0.3) is 54.4 Å². The molecule has 39 heavy (non-hydrogen) atoms. The Labute approximate surface area is 229 Å². The summed E-state index contributed by atoms with van der Waals surface area (Å²) in [5, 5.41) is 2.54. The molecule has 5 aromatic carbocycles. The smallest absolute Gasteiger partial charge is 0.434 e. The molecule has 0 radical (unpaired) electrons. The number of thiophene rings is 1. The van der Waals surface area contributed by atoms with Gasteiger partial charge >= 0.3 is 6.98 Å². The van der Waals surface area contributed by atoms with Crippen molar-refractivity contribution in [1.82, 2.24) is 0 Å². The second kappa shape index (κ2) is 7.01. The van der Waals surface area contributed by atoms with E-state index in [1.807, 2.05) is 11.3 Å². The van der Waals surface area contributed by atoms with Gasteiger partial charge < -0.3 is 14.0 Å². The van der Waals surface area contributed by atoms with Crippen LogP contribution in [0.1, 0.15) is 0 Å². The van der Waals surface area contributed by atoms with E-state index in [4.69, 9.17) is 4.42 Å². The van der Waals surface area contributed by atoms with Gasteiger partial charge in [0.1, 0.15) is 11.3 Å². The van der Waals surface area contributed by atoms with Gasteiger partial charge in [-0.2, -0.15) is 0 Å². The summed E-state index contributed by atoms with van der Waals surface area (Å²) in [6.45, 7) is 0.000122. The molecule has 0 amide bonds. The van der Waals surface area contributed by atoms with Crippen molar-refractivity contribution in [2.75, 3.05) is 9.62 Å². The highest BCUT2D eigenvalue weighted by molar-refractivity contribution is 7.31. The number of fused-ring (bicyclic) bond motifs is 13. The van der Waals surface area contributed by atoms with Crippen LogP contribution in [0, 0.1) is 0 Å². The van der Waals surface area contributed by atoms with E-state index < -0.39 is 0 Å². The number of hydrogen-bond acceptors (Lipinski definition) is 4. The molecule has 5 heterocycles. The third-order valence-electron chi connectivity index (χ3n) is 8.56. The van der Waals surface area contributed by atoms with Gasteiger partial charge in [0.25, 0.3) is 0 Å². The van der Waals surface area contributed by atoms with Gasteiger partial charge in [-0.05, 0) is 52.4 Å². The van der Waals surface area contributed by atoms with E-state index in [0.717, 1.165) is 11.5 Å². The van der Waals surface area contributed by atoms with Crippen LogP contribution in [-0.2, 0) is 0 Å². The molecule has 3 nitrogen and oxygen atoms in total. The normalized spacial score (nSPS) is 14.0. The quantitative estimate of drug-likeness (QED) is 0.204. The largest absolute Gasteiger partial charge is 0.439 e. The van der Waals surface area contributed by atoms with Gasteiger partial charge in [-0.25, -0.2) is 0 Å². The van der Waals surface area contributed by atoms with Crippen LogP contribution in [0.5, 0.6) is 0 Å². The standard InChI is InChI=1S/C34H19BN2OS/c1-2-9-20(10-3-1)21-17-18-27-25(19-21)30-24-12-5-7-16-29(24)39-33(30)35-36-26-14-6-4-11-22(26)23-13-8-15-28-31(23)32(36)34(38-28)37(27)35/h1-19H. The molecule has 0 fully saturated rings. The number of hydrogen-bond donors (Lipinski definition) is 0. The maximum Gasteiger partial charge on any atom is 0.434 e. The van der Waals surface area contributed by atoms with E-state index >= 15 is 0 Å². The number of nitrogens with zero attached hydrogens (tertiary/aromatic N) is 2. The molecular formula is C34H19BN2OS. The van der Waals surface area contributed by atoms with E-state index in [-0.39, 0.29) is 6.98 Å². The number of rotatable bonds is 1. The first-order valence-electron chi connectivity index (χ1n) is 13.3. The molecule has 3 aliphatic heterocycles. The lowest BCUT2D eigenvalue weighted by Gasteiger charge is -2.36. The van der Waals surface area contributed by atoms with Crippen molar-refractivity contribution in [3.8, 4) is 33.4 Å². The second-order valence-electron chi connectivity index (χ2n) is 10.5. The Morgan fingerprint density at radius 3 is 2.36 bits per heavy atom. The summed E-state index contributed by atoms with van der Waals surface area (Å²) in [6.07, 6.45) is 0. The highest BCUT2D eigenvalue weighted by Crippen LogP contribution is 2.61. The predicted octanol–water partition coefficient (Wildman–Crippen LogP) is 8.96. The Morgan fingerprint density at radius 2 is 1.41 bits per heavy atom. The molecule has 7 aromatic rings. The zero-order valence-electron chi connectivity index (χ0n) is 20.8. The van der Waals surface area contributed by atoms with Crippen LogP contribution < -0.4 is 14.4 Å². The van der Waals surface area contributed by atoms with Gasteiger partial charge in [0.15, 0.2) is 0 Å². The van der Waals surface area contributed by atoms with Crippen molar-refractivity contribution in [3.63, 3.8) is 0 Å². The molecule has 0 aliphatic carbocycles. The Hall–Kier alpha value is -4.74. The van der Waals surface area contributed by atoms with Crippen molar-refractivity contribution in [1.29, 1.82) is 0 Å². The fourth-order valence-electron chi connectivity index (χ4n) is 7.00. The number of anilines is 4. The fraction of sp³-hybridized carbons (Fsp3) is 0. The lowest BCUT2D eigenvalue weighted by Crippen LogP contribution is -2.54. The lowest BCUT2D eigenvalue weighted by molar-refractivity contribution is 0.628. The van der Waals surface area contributed by atoms with Gasteiger partial charge in [0.05, 0.1) is 5.39 Å². The Kier molecular flexibility index (Phi) is 3.64. The number of para-hydroxylation sites is 1. The molecule has 0 bridgehead atoms. The van der Waals surface area contributed by atoms with Gasteiger partial charge in [-0.1, -0.05) is 84.9 Å². The zero-order chi connectivity index (χ0) is 25.2. The fourth-order valence-corrected chi connectivity index (χ4v) is 8.30. The van der Waals surface area contributed by atoms with Gasteiger partial charge in [-0.15, -0.1) is 11.3 Å². The van der Waals surface area contributed by atoms with Crippen LogP contribution in [0.3, 0.4) is 0 Å². The van der Waals surface area contributed by atoms with Crippen molar-refractivity contribution in [2.24, 2.45) is 0 Å². The monoisotopic (exact) mass is 514 g/mol. The molecule has 10 rings (SSSR count). The number of furan rings is 1. The minimum atomic E-state index is 0.000122. The minimum Gasteiger partial charge on any atom is -0.439 e. The molecular weight excluding hydrogens is 495 g/mol. The lowest BCUT2D eigenvalue weighted by atomic mass is 9.64. The van der Waals surface area contributed by atoms with E-state index in [2.05, 4.69) is 125 Å². The molecule has 0 saturated heterocycles. The Morgan fingerprint density at radius 1 is 0.615 bits per heavy atom. The minimum absolute atomic E-state index is 0.000122. The van der Waals surface area contributed by atoms with E-state index in [1.165, 1.54) is 70.7 Å². The maximum absolute atomic E-state index is 6.75. The first-order chi connectivity index (χ1) is 19.4. The van der Waals surface area contributed by atoms with Gasteiger partial charge in [0, 0.05) is 37.5 Å². The average molecular weight is 514 g/mol. The molecule has 0 N–H and O–H groups in total. The van der Waals surface area contributed by atoms with Gasteiger partial charge in [-0.3, -0.25) is 0 Å². The van der Waals surface area contributed by atoms with E-state index in [1.54, 1.807) is 0 Å². The molecule has 0 spiro atoms. The maximum atomic E-state index is 6.75. The summed E-state index contributed by atoms with van der Waals surface area (Å²) in [4.78, 5) is 4.98. The van der Waals surface area contributed by atoms with Crippen LogP contribution in [0.15, 0.2) is 120 Å². The molecule has 5 heteroatoms. The Bertz CT molecular complexity index is 2160. The highest BCUT2D eigenvalue weighted by Gasteiger charge is 2.54. The van der Waals surface area contributed by atoms with E-state index in [0.29, 0.717) is 0 Å². The molecule has 0 atom stereocenters. The molecule has 2 aromatic heterocycles. The Balaban J connectivity index is 1.34. The number of benzene rings is 5. The van der Waals surface area contributed by atoms with Crippen molar-refractivity contribution in [3.05, 3.63) is 115 Å². The predicted molar refractivity (Wildman–Crippen MR) is 164 cm³/mol. The third kappa shape index (κ3) is 2.41. The van der Waals surface area contributed by atoms with Crippen LogP contribution in [0.4, 0.5) is 22.9 Å². The summed E-state index contributed by atoms with van der Waals surface area (Å²) >= 11 is 1.91. The summed E-state index contributed by atoms with van der Waals surface area (Å²) in [7, 11) is 0. The third-order valence-corrected chi connectivity index (χ3v) is 9.78. The average Bonchev–Trinajstić information content (AvgIpc) is 3.67. The van der Waals surface area contributed by atoms with Gasteiger partial charge in [0.2, 0.25) is 5.88 Å². The molecule has 3 aliphatic rings. The van der Waals surface area contributed by atoms with Crippen LogP contribution >= 0.6 is 11.3 Å². The highest BCUT2D eigenvalue weighted by atomic mass is 32.1. The van der Waals surface area contributed by atoms with Crippen LogP contribution in [0.2, 0.25) is 0 Å². The summed E-state index contributed by atoms with van der Waals surface area (Å²) in [5.41, 5.74) is 12.1. The first-order valence-corrected chi connectivity index (χ1v) is 14.1. The molecule has 0 saturated carbocycles. The summed E-state index contributed by atoms with van der Waals surface area (Å²) in [5.74, 6) is 0.939. The first kappa shape index (κ1) is 20.3. The SMILES string of the molecule is c1ccc(-c2ccc3c(c2)-c2c(sc4ccccc24)B2N3c3oc4cccc5c4c3N2c2ccccc2-5)cc1. The van der Waals surface area contributed by atoms with Crippen molar-refractivity contribution in [2.45, 2.75) is 0 Å². The van der Waals surface area contributed by atoms with E-state index in [9.17, 15) is 0 Å². The second-order valence-corrected chi connectivity index (χ2v) is 11.6. The summed E-state index contributed by atoms with van der Waals surface area (Å²) < 4.78 is 9.43. The topological polar surface area (TPSA) is 19.6 Å². The zero-order valence-corrected chi connectivity index (χ0v) is 21.6. The van der Waals surface area contributed by atoms with Crippen LogP contribution in [-0.4, -0.2) is 6.98 Å². The molecule has 0 unspecified atom stereocenters. The summed E-state index contributed by atoms with van der Waals surface area (Å²) in [6, 6.07) is 41.7. The molecule has 180 valence electrons. The van der Waals surface area contributed by atoms with Crippen molar-refractivity contribution < 1.29 is 4.42 Å².